The van der Waals surface area contributed by atoms with Crippen molar-refractivity contribution in [3.8, 4) is 0 Å². The molecular weight excluding hydrogens is 241 g/mol. The molecule has 1 aromatic carbocycles. The predicted molar refractivity (Wildman–Crippen MR) is 75.4 cm³/mol. The van der Waals surface area contributed by atoms with Crippen LogP contribution in [0.1, 0.15) is 45.1 Å². The van der Waals surface area contributed by atoms with Gasteiger partial charge in [0.05, 0.1) is 5.52 Å². The van der Waals surface area contributed by atoms with Gasteiger partial charge in [-0.25, -0.2) is 9.37 Å². The summed E-state index contributed by atoms with van der Waals surface area (Å²) in [7, 11) is 0. The second-order valence-electron chi connectivity index (χ2n) is 5.63. The lowest BCUT2D eigenvalue weighted by atomic mass is 9.96. The molecule has 1 saturated carbocycles. The van der Waals surface area contributed by atoms with E-state index in [1.54, 1.807) is 6.07 Å². The molecule has 0 saturated heterocycles. The van der Waals surface area contributed by atoms with Gasteiger partial charge in [-0.2, -0.15) is 0 Å². The van der Waals surface area contributed by atoms with Crippen LogP contribution in [0.25, 0.3) is 11.0 Å². The van der Waals surface area contributed by atoms with E-state index in [1.807, 2.05) is 6.07 Å². The maximum Gasteiger partial charge on any atom is 0.201 e. The van der Waals surface area contributed by atoms with Gasteiger partial charge in [-0.1, -0.05) is 32.3 Å². The van der Waals surface area contributed by atoms with Crippen molar-refractivity contribution >= 4 is 17.0 Å². The van der Waals surface area contributed by atoms with E-state index in [9.17, 15) is 4.39 Å². The van der Waals surface area contributed by atoms with Gasteiger partial charge in [0.2, 0.25) is 5.95 Å². The Morgan fingerprint density at radius 2 is 2.05 bits per heavy atom. The smallest absolute Gasteiger partial charge is 0.201 e. The van der Waals surface area contributed by atoms with Crippen LogP contribution in [-0.4, -0.2) is 9.55 Å². The van der Waals surface area contributed by atoms with Crippen LogP contribution in [0.15, 0.2) is 18.2 Å². The number of imidazole rings is 1. The lowest BCUT2D eigenvalue weighted by Gasteiger charge is -2.24. The third-order valence-electron chi connectivity index (χ3n) is 4.35. The van der Waals surface area contributed by atoms with Gasteiger partial charge in [-0.15, -0.1) is 0 Å². The third-order valence-corrected chi connectivity index (χ3v) is 4.35. The van der Waals surface area contributed by atoms with Crippen molar-refractivity contribution in [2.24, 2.45) is 5.92 Å². The average Bonchev–Trinajstić information content (AvgIpc) is 2.57. The van der Waals surface area contributed by atoms with Gasteiger partial charge >= 0.3 is 0 Å². The summed E-state index contributed by atoms with van der Waals surface area (Å²) >= 11 is 0. The molecule has 3 rings (SSSR count). The number of nitrogens with two attached hydrogens (primary N) is 1. The lowest BCUT2D eigenvalue weighted by molar-refractivity contribution is 0.344. The number of anilines is 1. The minimum absolute atomic E-state index is 0.288. The van der Waals surface area contributed by atoms with Gasteiger partial charge in [0.25, 0.3) is 0 Å². The number of aromatic nitrogens is 2. The summed E-state index contributed by atoms with van der Waals surface area (Å²) < 4.78 is 15.8. The molecule has 2 N–H and O–H groups in total. The Bertz CT molecular complexity index is 590. The molecule has 1 aliphatic carbocycles. The highest BCUT2D eigenvalue weighted by molar-refractivity contribution is 5.79. The second kappa shape index (κ2) is 4.83. The number of benzene rings is 1. The highest BCUT2D eigenvalue weighted by Gasteiger charge is 2.25. The lowest BCUT2D eigenvalue weighted by Crippen LogP contribution is -2.18. The summed E-state index contributed by atoms with van der Waals surface area (Å²) in [6.45, 7) is 2.26. The normalized spacial score (nSPS) is 24.5. The van der Waals surface area contributed by atoms with Crippen LogP contribution in [0.5, 0.6) is 0 Å². The molecule has 0 bridgehead atoms. The molecule has 1 aliphatic rings. The van der Waals surface area contributed by atoms with E-state index in [2.05, 4.69) is 16.5 Å². The van der Waals surface area contributed by atoms with E-state index < -0.39 is 0 Å². The Kier molecular flexibility index (Phi) is 3.17. The van der Waals surface area contributed by atoms with Gasteiger partial charge in [0, 0.05) is 6.04 Å². The van der Waals surface area contributed by atoms with Gasteiger partial charge in [0.1, 0.15) is 5.52 Å². The SMILES string of the molecule is CC1CCCCCC1n1c(N)nc2c(F)cccc21. The first-order chi connectivity index (χ1) is 9.18. The fourth-order valence-corrected chi connectivity index (χ4v) is 3.31. The number of para-hydroxylation sites is 1. The maximum absolute atomic E-state index is 13.8. The van der Waals surface area contributed by atoms with Crippen molar-refractivity contribution < 1.29 is 4.39 Å². The molecule has 0 aliphatic heterocycles. The van der Waals surface area contributed by atoms with Gasteiger partial charge < -0.3 is 10.3 Å². The minimum Gasteiger partial charge on any atom is -0.369 e. The topological polar surface area (TPSA) is 43.8 Å². The second-order valence-corrected chi connectivity index (χ2v) is 5.63. The van der Waals surface area contributed by atoms with Crippen molar-refractivity contribution in [1.82, 2.24) is 9.55 Å². The average molecular weight is 261 g/mol. The predicted octanol–water partition coefficient (Wildman–Crippen LogP) is 3.90. The first-order valence-electron chi connectivity index (χ1n) is 7.10. The Hall–Kier alpha value is -1.58. The molecule has 0 amide bonds. The molecule has 1 fully saturated rings. The van der Waals surface area contributed by atoms with Crippen molar-refractivity contribution in [2.45, 2.75) is 45.1 Å². The zero-order chi connectivity index (χ0) is 13.4. The van der Waals surface area contributed by atoms with Crippen molar-refractivity contribution in [2.75, 3.05) is 5.73 Å². The summed E-state index contributed by atoms with van der Waals surface area (Å²) in [5.74, 6) is 0.716. The summed E-state index contributed by atoms with van der Waals surface area (Å²) in [5.41, 5.74) is 7.28. The quantitative estimate of drug-likeness (QED) is 0.791. The molecule has 19 heavy (non-hydrogen) atoms. The summed E-state index contributed by atoms with van der Waals surface area (Å²) in [5, 5.41) is 0. The fraction of sp³-hybridized carbons (Fsp3) is 0.533. The zero-order valence-corrected chi connectivity index (χ0v) is 11.3. The Balaban J connectivity index is 2.13. The summed E-state index contributed by atoms with van der Waals surface area (Å²) in [6, 6.07) is 5.43. The number of hydrogen-bond acceptors (Lipinski definition) is 2. The number of halogens is 1. The molecule has 2 unspecified atom stereocenters. The molecule has 2 atom stereocenters. The van der Waals surface area contributed by atoms with Crippen LogP contribution in [0.4, 0.5) is 10.3 Å². The molecule has 1 heterocycles. The van der Waals surface area contributed by atoms with Crippen LogP contribution in [-0.2, 0) is 0 Å². The van der Waals surface area contributed by atoms with E-state index in [0.29, 0.717) is 23.4 Å². The molecule has 4 heteroatoms. The summed E-state index contributed by atoms with van der Waals surface area (Å²) in [4.78, 5) is 4.22. The Labute approximate surface area is 112 Å². The van der Waals surface area contributed by atoms with E-state index in [1.165, 1.54) is 31.7 Å². The number of fused-ring (bicyclic) bond motifs is 1. The number of rotatable bonds is 1. The molecule has 0 spiro atoms. The number of nitrogens with zero attached hydrogens (tertiary/aromatic N) is 2. The standard InChI is InChI=1S/C15H20FN3/c1-10-6-3-2-4-8-12(10)19-13-9-5-7-11(16)14(13)18-15(19)17/h5,7,9-10,12H,2-4,6,8H2,1H3,(H2,17,18). The zero-order valence-electron chi connectivity index (χ0n) is 11.3. The number of nitrogen functional groups attached to an aromatic ring is 1. The highest BCUT2D eigenvalue weighted by atomic mass is 19.1. The first kappa shape index (κ1) is 12.5. The van der Waals surface area contributed by atoms with Crippen LogP contribution < -0.4 is 5.73 Å². The first-order valence-corrected chi connectivity index (χ1v) is 7.10. The highest BCUT2D eigenvalue weighted by Crippen LogP contribution is 2.36. The molecule has 102 valence electrons. The van der Waals surface area contributed by atoms with Crippen LogP contribution >= 0.6 is 0 Å². The third kappa shape index (κ3) is 2.09. The Morgan fingerprint density at radius 3 is 2.89 bits per heavy atom. The van der Waals surface area contributed by atoms with Crippen molar-refractivity contribution in [3.63, 3.8) is 0 Å². The molecule has 0 radical (unpaired) electrons. The number of hydrogen-bond donors (Lipinski definition) is 1. The van der Waals surface area contributed by atoms with Crippen LogP contribution in [0.3, 0.4) is 0 Å². The maximum atomic E-state index is 13.8. The van der Waals surface area contributed by atoms with E-state index in [0.717, 1.165) is 11.9 Å². The van der Waals surface area contributed by atoms with E-state index in [-0.39, 0.29) is 5.82 Å². The van der Waals surface area contributed by atoms with Crippen molar-refractivity contribution in [3.05, 3.63) is 24.0 Å². The van der Waals surface area contributed by atoms with E-state index >= 15 is 0 Å². The van der Waals surface area contributed by atoms with Crippen molar-refractivity contribution in [1.29, 1.82) is 0 Å². The Morgan fingerprint density at radius 1 is 1.26 bits per heavy atom. The molecule has 3 nitrogen and oxygen atoms in total. The van der Waals surface area contributed by atoms with Gasteiger partial charge in [-0.05, 0) is 30.9 Å². The summed E-state index contributed by atoms with van der Waals surface area (Å²) in [6.07, 6.45) is 6.08. The van der Waals surface area contributed by atoms with Gasteiger partial charge in [-0.3, -0.25) is 0 Å². The largest absolute Gasteiger partial charge is 0.369 e. The monoisotopic (exact) mass is 261 g/mol. The molecular formula is C15H20FN3. The van der Waals surface area contributed by atoms with Crippen LogP contribution in [0, 0.1) is 11.7 Å². The fourth-order valence-electron chi connectivity index (χ4n) is 3.31. The molecule has 2 aromatic rings. The van der Waals surface area contributed by atoms with E-state index in [4.69, 9.17) is 5.73 Å². The minimum atomic E-state index is -0.288. The molecule has 1 aromatic heterocycles. The van der Waals surface area contributed by atoms with Crippen LogP contribution in [0.2, 0.25) is 0 Å². The van der Waals surface area contributed by atoms with Gasteiger partial charge in [0.15, 0.2) is 5.82 Å².